The van der Waals surface area contributed by atoms with Gasteiger partial charge in [-0.3, -0.25) is 4.79 Å². The maximum Gasteiger partial charge on any atom is 0.353 e. The normalized spacial score (nSPS) is 29.3. The van der Waals surface area contributed by atoms with Gasteiger partial charge < -0.3 is 29.0 Å². The molecule has 1 saturated heterocycles. The second-order valence-corrected chi connectivity index (χ2v) is 11.3. The van der Waals surface area contributed by atoms with E-state index >= 15 is 0 Å². The molecular formula is C31H33NO8. The molecule has 2 heterocycles. The molecule has 2 aromatic carbocycles. The molecule has 9 nitrogen and oxygen atoms in total. The van der Waals surface area contributed by atoms with E-state index in [1.165, 1.54) is 13.8 Å². The summed E-state index contributed by atoms with van der Waals surface area (Å²) in [6.07, 6.45) is 0.102. The Kier molecular flexibility index (Phi) is 6.27. The molecule has 6 atom stereocenters. The fourth-order valence-corrected chi connectivity index (χ4v) is 7.11. The van der Waals surface area contributed by atoms with Gasteiger partial charge in [-0.1, -0.05) is 42.5 Å². The van der Waals surface area contributed by atoms with Crippen molar-refractivity contribution in [3.63, 3.8) is 0 Å². The van der Waals surface area contributed by atoms with Crippen LogP contribution in [0.4, 0.5) is 0 Å². The minimum absolute atomic E-state index is 0.0990. The summed E-state index contributed by atoms with van der Waals surface area (Å²) in [5.74, 6) is -1.26. The fourth-order valence-electron chi connectivity index (χ4n) is 7.11. The maximum atomic E-state index is 13.2. The summed E-state index contributed by atoms with van der Waals surface area (Å²) >= 11 is 0. The lowest BCUT2D eigenvalue weighted by Crippen LogP contribution is -2.74. The van der Waals surface area contributed by atoms with Gasteiger partial charge in [0.15, 0.2) is 12.2 Å². The highest BCUT2D eigenvalue weighted by Crippen LogP contribution is 2.64. The van der Waals surface area contributed by atoms with Crippen molar-refractivity contribution < 1.29 is 38.4 Å². The Morgan fingerprint density at radius 1 is 1.10 bits per heavy atom. The standard InChI is InChI=1S/C31H33NO8/c1-17-10-11-21-16-23-31(36)13-12-22(27-30(31,14-15-32(23)4)24(21)25(17)40-27)39-28(34)18(2)37-29(35)26(38-19(3)33)20-8-6-5-7-9-20/h5-12,18,23,26-27,36H,13-16H2,1-4H3/t18-,23+,26-,27-,30-,31+/m0/s1. The lowest BCUT2D eigenvalue weighted by molar-refractivity contribution is -0.180. The van der Waals surface area contributed by atoms with Crippen LogP contribution in [0.1, 0.15) is 55.0 Å². The molecule has 0 saturated carbocycles. The van der Waals surface area contributed by atoms with Crippen LogP contribution in [0, 0.1) is 6.92 Å². The third kappa shape index (κ3) is 3.78. The van der Waals surface area contributed by atoms with E-state index in [4.69, 9.17) is 18.9 Å². The van der Waals surface area contributed by atoms with Crippen LogP contribution in [-0.4, -0.2) is 65.4 Å². The van der Waals surface area contributed by atoms with Crippen LogP contribution in [0.5, 0.6) is 5.75 Å². The summed E-state index contributed by atoms with van der Waals surface area (Å²) in [5.41, 5.74) is 1.73. The third-order valence-electron chi connectivity index (χ3n) is 9.01. The molecule has 0 amide bonds. The molecule has 1 N–H and O–H groups in total. The molecule has 2 aromatic rings. The van der Waals surface area contributed by atoms with Gasteiger partial charge in [0.25, 0.3) is 0 Å². The molecule has 0 radical (unpaired) electrons. The highest BCUT2D eigenvalue weighted by molar-refractivity contribution is 5.84. The van der Waals surface area contributed by atoms with Crippen LogP contribution >= 0.6 is 0 Å². The average Bonchev–Trinajstić information content (AvgIpc) is 3.29. The van der Waals surface area contributed by atoms with Crippen molar-refractivity contribution in [3.05, 3.63) is 76.6 Å². The Morgan fingerprint density at radius 3 is 2.58 bits per heavy atom. The number of likely N-dealkylation sites (tertiary alicyclic amines) is 1. The Morgan fingerprint density at radius 2 is 1.85 bits per heavy atom. The molecule has 6 rings (SSSR count). The van der Waals surface area contributed by atoms with Crippen LogP contribution in [0.25, 0.3) is 0 Å². The van der Waals surface area contributed by atoms with E-state index in [1.807, 2.05) is 20.0 Å². The second kappa shape index (κ2) is 9.45. The number of ether oxygens (including phenoxy) is 4. The van der Waals surface area contributed by atoms with Gasteiger partial charge >= 0.3 is 17.9 Å². The molecule has 1 fully saturated rings. The summed E-state index contributed by atoms with van der Waals surface area (Å²) < 4.78 is 23.0. The zero-order valence-corrected chi connectivity index (χ0v) is 23.0. The molecule has 40 heavy (non-hydrogen) atoms. The van der Waals surface area contributed by atoms with Crippen molar-refractivity contribution in [2.75, 3.05) is 13.6 Å². The first-order chi connectivity index (χ1) is 19.1. The van der Waals surface area contributed by atoms with Gasteiger partial charge in [0, 0.05) is 30.5 Å². The van der Waals surface area contributed by atoms with Gasteiger partial charge in [-0.15, -0.1) is 0 Å². The number of aliphatic hydroxyl groups is 1. The van der Waals surface area contributed by atoms with E-state index < -0.39 is 47.2 Å². The number of aryl methyl sites for hydroxylation is 1. The molecule has 9 heteroatoms. The van der Waals surface area contributed by atoms with E-state index in [0.29, 0.717) is 30.6 Å². The van der Waals surface area contributed by atoms with Crippen LogP contribution < -0.4 is 4.74 Å². The Balaban J connectivity index is 1.26. The Labute approximate surface area is 232 Å². The Hall–Kier alpha value is -3.69. The van der Waals surface area contributed by atoms with E-state index in [1.54, 1.807) is 36.4 Å². The average molecular weight is 548 g/mol. The van der Waals surface area contributed by atoms with Gasteiger partial charge in [-0.25, -0.2) is 9.59 Å². The monoisotopic (exact) mass is 547 g/mol. The highest BCUT2D eigenvalue weighted by atomic mass is 16.6. The van der Waals surface area contributed by atoms with Gasteiger partial charge in [0.2, 0.25) is 6.10 Å². The summed E-state index contributed by atoms with van der Waals surface area (Å²) in [7, 11) is 2.04. The SMILES string of the molecule is CC(=O)O[C@H](C(=O)O[C@@H](C)C(=O)OC1=CC[C@@]2(O)[C@H]3Cc4ccc(C)c5c4[C@@]2(CCN3C)[C@H]1O5)c1ccccc1. The summed E-state index contributed by atoms with van der Waals surface area (Å²) in [6.45, 7) is 5.36. The molecular weight excluding hydrogens is 514 g/mol. The highest BCUT2D eigenvalue weighted by Gasteiger charge is 2.71. The summed E-state index contributed by atoms with van der Waals surface area (Å²) in [5, 5.41) is 12.3. The van der Waals surface area contributed by atoms with E-state index in [9.17, 15) is 19.5 Å². The van der Waals surface area contributed by atoms with Crippen molar-refractivity contribution in [3.8, 4) is 5.75 Å². The van der Waals surface area contributed by atoms with Gasteiger partial charge in [-0.05, 0) is 57.5 Å². The molecule has 0 unspecified atom stereocenters. The van der Waals surface area contributed by atoms with Crippen molar-refractivity contribution in [2.45, 2.75) is 75.4 Å². The third-order valence-corrected chi connectivity index (χ3v) is 9.01. The molecule has 2 aliphatic carbocycles. The number of likely N-dealkylation sites (N-methyl/N-ethyl adjacent to an activating group) is 1. The molecule has 1 spiro atoms. The number of nitrogens with zero attached hydrogens (tertiary/aromatic N) is 1. The number of piperidine rings is 1. The van der Waals surface area contributed by atoms with Crippen molar-refractivity contribution in [1.82, 2.24) is 4.90 Å². The van der Waals surface area contributed by atoms with Crippen LogP contribution in [0.3, 0.4) is 0 Å². The van der Waals surface area contributed by atoms with Crippen LogP contribution in [-0.2, 0) is 40.4 Å². The molecule has 4 aliphatic rings. The quantitative estimate of drug-likeness (QED) is 0.431. The first kappa shape index (κ1) is 26.5. The van der Waals surface area contributed by atoms with E-state index in [2.05, 4.69) is 11.0 Å². The Bertz CT molecular complexity index is 1420. The van der Waals surface area contributed by atoms with Crippen molar-refractivity contribution in [1.29, 1.82) is 0 Å². The smallest absolute Gasteiger partial charge is 0.353 e. The predicted octanol–water partition coefficient (Wildman–Crippen LogP) is 3.05. The number of carbonyl (C=O) groups is 3. The summed E-state index contributed by atoms with van der Waals surface area (Å²) in [6, 6.07) is 12.5. The maximum absolute atomic E-state index is 13.2. The zero-order valence-electron chi connectivity index (χ0n) is 23.0. The topological polar surface area (TPSA) is 112 Å². The van der Waals surface area contributed by atoms with E-state index in [0.717, 1.165) is 29.0 Å². The number of esters is 3. The fraction of sp³-hybridized carbons (Fsp3) is 0.452. The number of hydrogen-bond donors (Lipinski definition) is 1. The molecule has 2 aliphatic heterocycles. The largest absolute Gasteiger partial charge is 0.481 e. The zero-order chi connectivity index (χ0) is 28.4. The predicted molar refractivity (Wildman–Crippen MR) is 142 cm³/mol. The van der Waals surface area contributed by atoms with Gasteiger partial charge in [0.1, 0.15) is 11.5 Å². The van der Waals surface area contributed by atoms with Crippen molar-refractivity contribution in [2.24, 2.45) is 0 Å². The van der Waals surface area contributed by atoms with Gasteiger partial charge in [0.05, 0.1) is 11.0 Å². The lowest BCUT2D eigenvalue weighted by Gasteiger charge is -2.61. The molecule has 0 aromatic heterocycles. The lowest BCUT2D eigenvalue weighted by atomic mass is 9.50. The number of hydrogen-bond acceptors (Lipinski definition) is 9. The van der Waals surface area contributed by atoms with Crippen LogP contribution in [0.2, 0.25) is 0 Å². The minimum atomic E-state index is -1.32. The van der Waals surface area contributed by atoms with E-state index in [-0.39, 0.29) is 6.04 Å². The van der Waals surface area contributed by atoms with Crippen molar-refractivity contribution >= 4 is 17.9 Å². The minimum Gasteiger partial charge on any atom is -0.481 e. The second-order valence-electron chi connectivity index (χ2n) is 11.3. The number of rotatable bonds is 6. The van der Waals surface area contributed by atoms with Crippen LogP contribution in [0.15, 0.2) is 54.3 Å². The summed E-state index contributed by atoms with van der Waals surface area (Å²) in [4.78, 5) is 40.1. The van der Waals surface area contributed by atoms with Gasteiger partial charge in [-0.2, -0.15) is 0 Å². The number of benzene rings is 2. The first-order valence-corrected chi connectivity index (χ1v) is 13.6. The molecule has 210 valence electrons. The molecule has 2 bridgehead atoms. The number of carbonyl (C=O) groups excluding carboxylic acids is 3. The first-order valence-electron chi connectivity index (χ1n) is 13.6.